The van der Waals surface area contributed by atoms with E-state index in [-0.39, 0.29) is 5.88 Å². The van der Waals surface area contributed by atoms with Gasteiger partial charge in [-0.2, -0.15) is 13.2 Å². The molecule has 2 aromatic carbocycles. The molecular formula is C19H14F3NO2. The average Bonchev–Trinajstić information content (AvgIpc) is 2.62. The Balaban J connectivity index is 1.59. The highest BCUT2D eigenvalue weighted by atomic mass is 19.4. The minimum Gasteiger partial charge on any atom is -0.489 e. The maximum absolute atomic E-state index is 12.5. The van der Waals surface area contributed by atoms with Crippen LogP contribution in [0.25, 0.3) is 0 Å². The first-order chi connectivity index (χ1) is 12.0. The van der Waals surface area contributed by atoms with Gasteiger partial charge in [-0.1, -0.05) is 30.3 Å². The Morgan fingerprint density at radius 2 is 1.48 bits per heavy atom. The molecule has 128 valence electrons. The molecule has 0 amide bonds. The summed E-state index contributed by atoms with van der Waals surface area (Å²) in [5.41, 5.74) is 0.237. The molecule has 0 saturated carbocycles. The van der Waals surface area contributed by atoms with Crippen molar-refractivity contribution >= 4 is 0 Å². The third kappa shape index (κ3) is 4.73. The molecule has 25 heavy (non-hydrogen) atoms. The minimum atomic E-state index is -4.41. The lowest BCUT2D eigenvalue weighted by Crippen LogP contribution is -2.05. The Morgan fingerprint density at radius 1 is 0.800 bits per heavy atom. The summed E-state index contributed by atoms with van der Waals surface area (Å²) in [4.78, 5) is 3.67. The van der Waals surface area contributed by atoms with E-state index in [0.717, 1.165) is 17.8 Å². The van der Waals surface area contributed by atoms with Gasteiger partial charge >= 0.3 is 6.18 Å². The van der Waals surface area contributed by atoms with Gasteiger partial charge in [-0.15, -0.1) is 0 Å². The van der Waals surface area contributed by atoms with Gasteiger partial charge in [0.1, 0.15) is 18.1 Å². The van der Waals surface area contributed by atoms with Crippen LogP contribution in [0.2, 0.25) is 0 Å². The number of rotatable bonds is 5. The molecule has 3 aromatic rings. The number of aromatic nitrogens is 1. The SMILES string of the molecule is FC(F)(F)c1ccc(Oc2ccc(OCc3ccccc3)cc2)nc1. The lowest BCUT2D eigenvalue weighted by atomic mass is 10.2. The summed E-state index contributed by atoms with van der Waals surface area (Å²) >= 11 is 0. The second-order valence-electron chi connectivity index (χ2n) is 5.23. The molecule has 6 heteroatoms. The summed E-state index contributed by atoms with van der Waals surface area (Å²) < 4.78 is 48.6. The van der Waals surface area contributed by atoms with Crippen LogP contribution in [-0.2, 0) is 12.8 Å². The van der Waals surface area contributed by atoms with Crippen LogP contribution < -0.4 is 9.47 Å². The number of halogens is 3. The minimum absolute atomic E-state index is 0.0888. The summed E-state index contributed by atoms with van der Waals surface area (Å²) in [5, 5.41) is 0. The van der Waals surface area contributed by atoms with Crippen molar-refractivity contribution in [2.24, 2.45) is 0 Å². The van der Waals surface area contributed by atoms with Crippen molar-refractivity contribution in [1.82, 2.24) is 4.98 Å². The smallest absolute Gasteiger partial charge is 0.417 e. The van der Waals surface area contributed by atoms with Gasteiger partial charge < -0.3 is 9.47 Å². The molecule has 1 heterocycles. The standard InChI is InChI=1S/C19H14F3NO2/c20-19(21,22)15-6-11-18(23-12-15)25-17-9-7-16(8-10-17)24-13-14-4-2-1-3-5-14/h1-12H,13H2. The van der Waals surface area contributed by atoms with Crippen LogP contribution in [0.3, 0.4) is 0 Å². The molecule has 3 nitrogen and oxygen atoms in total. The topological polar surface area (TPSA) is 31.4 Å². The van der Waals surface area contributed by atoms with Gasteiger partial charge in [0.05, 0.1) is 5.56 Å². The van der Waals surface area contributed by atoms with Crippen molar-refractivity contribution in [2.45, 2.75) is 12.8 Å². The second kappa shape index (κ2) is 7.25. The molecule has 1 aromatic heterocycles. The third-order valence-electron chi connectivity index (χ3n) is 3.36. The first-order valence-corrected chi connectivity index (χ1v) is 7.48. The lowest BCUT2D eigenvalue weighted by molar-refractivity contribution is -0.137. The van der Waals surface area contributed by atoms with Gasteiger partial charge in [-0.25, -0.2) is 4.98 Å². The van der Waals surface area contributed by atoms with E-state index in [2.05, 4.69) is 4.98 Å². The number of ether oxygens (including phenoxy) is 2. The fraction of sp³-hybridized carbons (Fsp3) is 0.105. The number of benzene rings is 2. The molecule has 0 unspecified atom stereocenters. The first-order valence-electron chi connectivity index (χ1n) is 7.48. The lowest BCUT2D eigenvalue weighted by Gasteiger charge is -2.09. The monoisotopic (exact) mass is 345 g/mol. The zero-order chi connectivity index (χ0) is 17.7. The number of hydrogen-bond acceptors (Lipinski definition) is 3. The van der Waals surface area contributed by atoms with Crippen LogP contribution in [0, 0.1) is 0 Å². The summed E-state index contributed by atoms with van der Waals surface area (Å²) in [6, 6.07) is 18.6. The fourth-order valence-electron chi connectivity index (χ4n) is 2.07. The van der Waals surface area contributed by atoms with Crippen molar-refractivity contribution in [3.8, 4) is 17.4 Å². The van der Waals surface area contributed by atoms with E-state index < -0.39 is 11.7 Å². The van der Waals surface area contributed by atoms with Gasteiger partial charge in [-0.3, -0.25) is 0 Å². The van der Waals surface area contributed by atoms with E-state index in [1.54, 1.807) is 24.3 Å². The van der Waals surface area contributed by atoms with Crippen molar-refractivity contribution < 1.29 is 22.6 Å². The predicted octanol–water partition coefficient (Wildman–Crippen LogP) is 5.47. The maximum atomic E-state index is 12.5. The Kier molecular flexibility index (Phi) is 4.88. The van der Waals surface area contributed by atoms with Gasteiger partial charge in [-0.05, 0) is 35.9 Å². The predicted molar refractivity (Wildman–Crippen MR) is 86.5 cm³/mol. The normalized spacial score (nSPS) is 11.2. The molecule has 0 bridgehead atoms. The van der Waals surface area contributed by atoms with Crippen molar-refractivity contribution in [3.63, 3.8) is 0 Å². The van der Waals surface area contributed by atoms with E-state index in [1.165, 1.54) is 6.07 Å². The first kappa shape index (κ1) is 16.8. The van der Waals surface area contributed by atoms with Crippen molar-refractivity contribution in [3.05, 3.63) is 84.1 Å². The van der Waals surface area contributed by atoms with Crippen LogP contribution in [0.15, 0.2) is 72.9 Å². The molecule has 0 aliphatic rings. The molecular weight excluding hydrogens is 331 g/mol. The van der Waals surface area contributed by atoms with Gasteiger partial charge in [0.25, 0.3) is 0 Å². The van der Waals surface area contributed by atoms with Gasteiger partial charge in [0, 0.05) is 12.3 Å². The quantitative estimate of drug-likeness (QED) is 0.614. The number of hydrogen-bond donors (Lipinski definition) is 0. The molecule has 3 rings (SSSR count). The largest absolute Gasteiger partial charge is 0.489 e. The van der Waals surface area contributed by atoms with E-state index in [0.29, 0.717) is 18.1 Å². The van der Waals surface area contributed by atoms with E-state index >= 15 is 0 Å². The van der Waals surface area contributed by atoms with Crippen LogP contribution in [0.4, 0.5) is 13.2 Å². The Morgan fingerprint density at radius 3 is 2.08 bits per heavy atom. The zero-order valence-corrected chi connectivity index (χ0v) is 13.0. The zero-order valence-electron chi connectivity index (χ0n) is 13.0. The molecule has 0 aliphatic carbocycles. The Bertz CT molecular complexity index is 801. The highest BCUT2D eigenvalue weighted by Gasteiger charge is 2.30. The molecule has 0 aliphatic heterocycles. The highest BCUT2D eigenvalue weighted by Crippen LogP contribution is 2.30. The second-order valence-corrected chi connectivity index (χ2v) is 5.23. The van der Waals surface area contributed by atoms with Crippen LogP contribution in [-0.4, -0.2) is 4.98 Å². The number of pyridine rings is 1. The van der Waals surface area contributed by atoms with E-state index in [9.17, 15) is 13.2 Å². The van der Waals surface area contributed by atoms with Crippen molar-refractivity contribution in [2.75, 3.05) is 0 Å². The fourth-order valence-corrected chi connectivity index (χ4v) is 2.07. The number of alkyl halides is 3. The van der Waals surface area contributed by atoms with Gasteiger partial charge in [0.15, 0.2) is 0 Å². The van der Waals surface area contributed by atoms with Crippen LogP contribution >= 0.6 is 0 Å². The van der Waals surface area contributed by atoms with Crippen LogP contribution in [0.5, 0.6) is 17.4 Å². The summed E-state index contributed by atoms with van der Waals surface area (Å²) in [6.45, 7) is 0.446. The van der Waals surface area contributed by atoms with Gasteiger partial charge in [0.2, 0.25) is 5.88 Å². The molecule has 0 radical (unpaired) electrons. The maximum Gasteiger partial charge on any atom is 0.417 e. The average molecular weight is 345 g/mol. The number of nitrogens with zero attached hydrogens (tertiary/aromatic N) is 1. The summed E-state index contributed by atoms with van der Waals surface area (Å²) in [6.07, 6.45) is -3.67. The summed E-state index contributed by atoms with van der Waals surface area (Å²) in [5.74, 6) is 1.21. The van der Waals surface area contributed by atoms with Crippen LogP contribution in [0.1, 0.15) is 11.1 Å². The Labute approximate surface area is 142 Å². The molecule has 0 saturated heterocycles. The molecule has 0 N–H and O–H groups in total. The van der Waals surface area contributed by atoms with E-state index in [4.69, 9.17) is 9.47 Å². The van der Waals surface area contributed by atoms with Crippen molar-refractivity contribution in [1.29, 1.82) is 0 Å². The highest BCUT2D eigenvalue weighted by molar-refractivity contribution is 5.34. The molecule has 0 fully saturated rings. The summed E-state index contributed by atoms with van der Waals surface area (Å²) in [7, 11) is 0. The third-order valence-corrected chi connectivity index (χ3v) is 3.36. The molecule has 0 atom stereocenters. The van der Waals surface area contributed by atoms with E-state index in [1.807, 2.05) is 30.3 Å². The Hall–Kier alpha value is -3.02. The molecule has 0 spiro atoms.